The normalized spacial score (nSPS) is 10.8. The van der Waals surface area contributed by atoms with E-state index in [4.69, 9.17) is 15.3 Å². The van der Waals surface area contributed by atoms with Crippen molar-refractivity contribution in [2.75, 3.05) is 5.43 Å². The van der Waals surface area contributed by atoms with Crippen LogP contribution >= 0.6 is 0 Å². The van der Waals surface area contributed by atoms with Crippen molar-refractivity contribution in [1.82, 2.24) is 0 Å². The van der Waals surface area contributed by atoms with Crippen LogP contribution in [-0.2, 0) is 6.18 Å². The molecular formula is C20H17F3N4O. The standard InChI is InChI=1S/C20H17F3N4O/c1-12(2)16-6-4-13(3)8-19(16)28-18-7-5-14(20(21,22)23)9-17(18)27-26-15(10-24)11-25/h4-9,12,27H,1-3H3. The molecule has 0 bridgehead atoms. The second kappa shape index (κ2) is 8.45. The van der Waals surface area contributed by atoms with Gasteiger partial charge in [-0.05, 0) is 48.2 Å². The molecule has 5 nitrogen and oxygen atoms in total. The van der Waals surface area contributed by atoms with Gasteiger partial charge in [-0.25, -0.2) is 0 Å². The maximum absolute atomic E-state index is 13.1. The van der Waals surface area contributed by atoms with Gasteiger partial charge in [-0.3, -0.25) is 5.43 Å². The third-order valence-electron chi connectivity index (χ3n) is 3.82. The number of hydrogen-bond acceptors (Lipinski definition) is 5. The van der Waals surface area contributed by atoms with Gasteiger partial charge in [0.2, 0.25) is 5.71 Å². The van der Waals surface area contributed by atoms with Crippen LogP contribution in [0.2, 0.25) is 0 Å². The minimum Gasteiger partial charge on any atom is -0.455 e. The molecule has 0 saturated heterocycles. The van der Waals surface area contributed by atoms with Crippen LogP contribution in [0.5, 0.6) is 11.5 Å². The molecule has 0 atom stereocenters. The zero-order chi connectivity index (χ0) is 20.9. The zero-order valence-electron chi connectivity index (χ0n) is 15.4. The van der Waals surface area contributed by atoms with Gasteiger partial charge in [0, 0.05) is 0 Å². The summed E-state index contributed by atoms with van der Waals surface area (Å²) in [6, 6.07) is 11.5. The first kappa shape index (κ1) is 20.8. The lowest BCUT2D eigenvalue weighted by Crippen LogP contribution is -2.07. The van der Waals surface area contributed by atoms with Crippen LogP contribution < -0.4 is 10.2 Å². The molecule has 0 aliphatic heterocycles. The van der Waals surface area contributed by atoms with E-state index in [0.717, 1.165) is 23.3 Å². The molecule has 2 rings (SSSR count). The number of aryl methyl sites for hydroxylation is 1. The van der Waals surface area contributed by atoms with Crippen LogP contribution in [0, 0.1) is 29.6 Å². The van der Waals surface area contributed by atoms with Gasteiger partial charge in [0.05, 0.1) is 11.3 Å². The maximum Gasteiger partial charge on any atom is 0.416 e. The zero-order valence-corrected chi connectivity index (χ0v) is 15.4. The lowest BCUT2D eigenvalue weighted by Gasteiger charge is -2.17. The molecule has 0 aromatic heterocycles. The van der Waals surface area contributed by atoms with Crippen molar-refractivity contribution in [3.63, 3.8) is 0 Å². The summed E-state index contributed by atoms with van der Waals surface area (Å²) in [6.07, 6.45) is -4.57. The molecule has 2 aromatic rings. The number of rotatable bonds is 5. The molecule has 0 amide bonds. The number of nitrogens with one attached hydrogen (secondary N) is 1. The van der Waals surface area contributed by atoms with Crippen LogP contribution in [0.4, 0.5) is 18.9 Å². The van der Waals surface area contributed by atoms with E-state index in [-0.39, 0.29) is 17.4 Å². The van der Waals surface area contributed by atoms with Gasteiger partial charge in [-0.1, -0.05) is 26.0 Å². The Kier molecular flexibility index (Phi) is 6.27. The van der Waals surface area contributed by atoms with Gasteiger partial charge >= 0.3 is 6.18 Å². The van der Waals surface area contributed by atoms with Gasteiger partial charge < -0.3 is 4.74 Å². The quantitative estimate of drug-likeness (QED) is 0.524. The van der Waals surface area contributed by atoms with Gasteiger partial charge in [0.25, 0.3) is 0 Å². The largest absolute Gasteiger partial charge is 0.455 e. The first-order valence-corrected chi connectivity index (χ1v) is 8.29. The fraction of sp³-hybridized carbons (Fsp3) is 0.250. The first-order valence-electron chi connectivity index (χ1n) is 8.29. The van der Waals surface area contributed by atoms with E-state index in [1.165, 1.54) is 18.2 Å². The van der Waals surface area contributed by atoms with E-state index < -0.39 is 17.5 Å². The SMILES string of the molecule is Cc1ccc(C(C)C)c(Oc2ccc(C(F)(F)F)cc2NN=C(C#N)C#N)c1. The fourth-order valence-corrected chi connectivity index (χ4v) is 2.40. The van der Waals surface area contributed by atoms with Crippen LogP contribution in [0.25, 0.3) is 0 Å². The van der Waals surface area contributed by atoms with Crippen molar-refractivity contribution in [2.45, 2.75) is 32.9 Å². The summed E-state index contributed by atoms with van der Waals surface area (Å²) in [6.45, 7) is 5.82. The van der Waals surface area contributed by atoms with E-state index in [1.54, 1.807) is 6.07 Å². The molecule has 8 heteroatoms. The number of hydrazone groups is 1. The predicted molar refractivity (Wildman–Crippen MR) is 99.1 cm³/mol. The Hall–Kier alpha value is -3.52. The third-order valence-corrected chi connectivity index (χ3v) is 3.82. The Morgan fingerprint density at radius 3 is 2.32 bits per heavy atom. The highest BCUT2D eigenvalue weighted by Gasteiger charge is 2.31. The highest BCUT2D eigenvalue weighted by molar-refractivity contribution is 6.10. The topological polar surface area (TPSA) is 81.2 Å². The molecule has 0 heterocycles. The number of hydrogen-bond donors (Lipinski definition) is 1. The number of anilines is 1. The van der Waals surface area contributed by atoms with E-state index in [9.17, 15) is 13.2 Å². The summed E-state index contributed by atoms with van der Waals surface area (Å²) in [5, 5.41) is 21.1. The van der Waals surface area contributed by atoms with Crippen LogP contribution in [0.15, 0.2) is 41.5 Å². The summed E-state index contributed by atoms with van der Waals surface area (Å²) in [5.41, 5.74) is 2.58. The number of nitrogens with zero attached hydrogens (tertiary/aromatic N) is 3. The highest BCUT2D eigenvalue weighted by Crippen LogP contribution is 2.39. The summed E-state index contributed by atoms with van der Waals surface area (Å²) in [5.74, 6) is 0.713. The molecule has 0 unspecified atom stereocenters. The number of benzene rings is 2. The van der Waals surface area contributed by atoms with E-state index in [0.29, 0.717) is 5.75 Å². The number of alkyl halides is 3. The van der Waals surface area contributed by atoms with Crippen molar-refractivity contribution in [3.8, 4) is 23.6 Å². The molecule has 28 heavy (non-hydrogen) atoms. The van der Waals surface area contributed by atoms with Gasteiger partial charge in [0.15, 0.2) is 5.75 Å². The Bertz CT molecular complexity index is 966. The molecule has 0 radical (unpaired) electrons. The van der Waals surface area contributed by atoms with Crippen molar-refractivity contribution < 1.29 is 17.9 Å². The molecule has 0 saturated carbocycles. The molecule has 0 spiro atoms. The average molecular weight is 386 g/mol. The van der Waals surface area contributed by atoms with Gasteiger partial charge in [-0.2, -0.15) is 28.8 Å². The number of nitriles is 2. The Balaban J connectivity index is 2.52. The minimum atomic E-state index is -4.57. The second-order valence-electron chi connectivity index (χ2n) is 6.30. The van der Waals surface area contributed by atoms with Gasteiger partial charge in [-0.15, -0.1) is 0 Å². The lowest BCUT2D eigenvalue weighted by atomic mass is 10.0. The average Bonchev–Trinajstić information content (AvgIpc) is 2.62. The lowest BCUT2D eigenvalue weighted by molar-refractivity contribution is -0.137. The van der Waals surface area contributed by atoms with E-state index in [1.807, 2.05) is 32.9 Å². The van der Waals surface area contributed by atoms with E-state index in [2.05, 4.69) is 10.5 Å². The Morgan fingerprint density at radius 2 is 1.75 bits per heavy atom. The molecule has 144 valence electrons. The predicted octanol–water partition coefficient (Wildman–Crippen LogP) is 5.74. The summed E-state index contributed by atoms with van der Waals surface area (Å²) >= 11 is 0. The van der Waals surface area contributed by atoms with Crippen LogP contribution in [-0.4, -0.2) is 5.71 Å². The highest BCUT2D eigenvalue weighted by atomic mass is 19.4. The summed E-state index contributed by atoms with van der Waals surface area (Å²) in [4.78, 5) is 0. The molecule has 2 aromatic carbocycles. The summed E-state index contributed by atoms with van der Waals surface area (Å²) < 4.78 is 45.1. The van der Waals surface area contributed by atoms with Crippen LogP contribution in [0.1, 0.15) is 36.5 Å². The monoisotopic (exact) mass is 386 g/mol. The maximum atomic E-state index is 13.1. The molecule has 0 fully saturated rings. The minimum absolute atomic E-state index is 0.0829. The number of ether oxygens (including phenoxy) is 1. The summed E-state index contributed by atoms with van der Waals surface area (Å²) in [7, 11) is 0. The second-order valence-corrected chi connectivity index (χ2v) is 6.30. The number of halogens is 3. The first-order chi connectivity index (χ1) is 13.2. The molecule has 0 aliphatic carbocycles. The van der Waals surface area contributed by atoms with E-state index >= 15 is 0 Å². The van der Waals surface area contributed by atoms with Crippen molar-refractivity contribution in [2.24, 2.45) is 5.10 Å². The molecule has 1 N–H and O–H groups in total. The van der Waals surface area contributed by atoms with Crippen molar-refractivity contribution >= 4 is 11.4 Å². The Morgan fingerprint density at radius 1 is 1.07 bits per heavy atom. The van der Waals surface area contributed by atoms with Gasteiger partial charge in [0.1, 0.15) is 17.9 Å². The molecule has 0 aliphatic rings. The third kappa shape index (κ3) is 5.01. The smallest absolute Gasteiger partial charge is 0.416 e. The molecular weight excluding hydrogens is 369 g/mol. The van der Waals surface area contributed by atoms with Crippen molar-refractivity contribution in [3.05, 3.63) is 53.1 Å². The van der Waals surface area contributed by atoms with Crippen molar-refractivity contribution in [1.29, 1.82) is 10.5 Å². The Labute approximate surface area is 160 Å². The van der Waals surface area contributed by atoms with Crippen LogP contribution in [0.3, 0.4) is 0 Å². The fourth-order valence-electron chi connectivity index (χ4n) is 2.40.